The van der Waals surface area contributed by atoms with E-state index in [0.717, 1.165) is 22.6 Å². The van der Waals surface area contributed by atoms with Gasteiger partial charge < -0.3 is 15.4 Å². The molecule has 1 fully saturated rings. The van der Waals surface area contributed by atoms with Crippen molar-refractivity contribution < 1.29 is 22.7 Å². The molecular formula is C18H22F3N5O2S. The van der Waals surface area contributed by atoms with Gasteiger partial charge in [0.2, 0.25) is 0 Å². The highest BCUT2D eigenvalue weighted by Gasteiger charge is 2.47. The number of carbonyl (C=O) groups excluding carboxylic acids is 1. The summed E-state index contributed by atoms with van der Waals surface area (Å²) in [6.07, 6.45) is -3.42. The van der Waals surface area contributed by atoms with Gasteiger partial charge in [-0.25, -0.2) is 4.68 Å². The molecule has 2 aromatic heterocycles. The number of ether oxygens (including phenoxy) is 1. The third-order valence-electron chi connectivity index (χ3n) is 5.19. The van der Waals surface area contributed by atoms with Crippen molar-refractivity contribution in [2.45, 2.75) is 24.7 Å². The van der Waals surface area contributed by atoms with Crippen LogP contribution in [0.4, 0.5) is 19.0 Å². The second-order valence-electron chi connectivity index (χ2n) is 7.07. The lowest BCUT2D eigenvalue weighted by Crippen LogP contribution is -2.41. The third kappa shape index (κ3) is 4.41. The van der Waals surface area contributed by atoms with Gasteiger partial charge in [-0.2, -0.15) is 18.3 Å². The lowest BCUT2D eigenvalue weighted by Gasteiger charge is -2.33. The maximum atomic E-state index is 13.7. The highest BCUT2D eigenvalue weighted by Crippen LogP contribution is 2.44. The summed E-state index contributed by atoms with van der Waals surface area (Å²) >= 11 is 1.39. The van der Waals surface area contributed by atoms with E-state index in [-0.39, 0.29) is 17.8 Å². The molecule has 29 heavy (non-hydrogen) atoms. The van der Waals surface area contributed by atoms with Crippen LogP contribution in [0.5, 0.6) is 0 Å². The SMILES string of the molecule is O=C(NCCN1CCOCC1)c1cnn2c1N[C@@H](c1cccs1)C[C@H]2C(F)(F)F. The van der Waals surface area contributed by atoms with Crippen molar-refractivity contribution in [2.75, 3.05) is 44.7 Å². The van der Waals surface area contributed by atoms with Crippen LogP contribution in [0.25, 0.3) is 0 Å². The van der Waals surface area contributed by atoms with Gasteiger partial charge in [-0.3, -0.25) is 9.69 Å². The first-order valence-electron chi connectivity index (χ1n) is 9.46. The second kappa shape index (κ2) is 8.33. The van der Waals surface area contributed by atoms with Crippen molar-refractivity contribution in [1.82, 2.24) is 20.0 Å². The van der Waals surface area contributed by atoms with Crippen molar-refractivity contribution in [3.8, 4) is 0 Å². The topological polar surface area (TPSA) is 71.4 Å². The fraction of sp³-hybridized carbons (Fsp3) is 0.556. The van der Waals surface area contributed by atoms with Crippen LogP contribution in [0, 0.1) is 0 Å². The molecule has 0 aromatic carbocycles. The maximum absolute atomic E-state index is 13.7. The Hall–Kier alpha value is -2.11. The molecule has 0 unspecified atom stereocenters. The minimum atomic E-state index is -4.46. The van der Waals surface area contributed by atoms with Crippen LogP contribution in [0.15, 0.2) is 23.7 Å². The molecule has 4 heterocycles. The zero-order chi connectivity index (χ0) is 20.4. The van der Waals surface area contributed by atoms with Crippen LogP contribution in [-0.4, -0.2) is 66.2 Å². The number of nitrogens with one attached hydrogen (secondary N) is 2. The smallest absolute Gasteiger partial charge is 0.379 e. The normalized spacial score (nSPS) is 22.7. The van der Waals surface area contributed by atoms with Gasteiger partial charge in [0.15, 0.2) is 6.04 Å². The predicted molar refractivity (Wildman–Crippen MR) is 102 cm³/mol. The van der Waals surface area contributed by atoms with E-state index in [1.807, 2.05) is 5.38 Å². The highest BCUT2D eigenvalue weighted by molar-refractivity contribution is 7.10. The van der Waals surface area contributed by atoms with E-state index >= 15 is 0 Å². The molecule has 0 spiro atoms. The van der Waals surface area contributed by atoms with Crippen LogP contribution in [0.2, 0.25) is 0 Å². The largest absolute Gasteiger partial charge is 0.410 e. The van der Waals surface area contributed by atoms with Gasteiger partial charge in [0, 0.05) is 37.5 Å². The van der Waals surface area contributed by atoms with Gasteiger partial charge >= 0.3 is 6.18 Å². The molecule has 0 radical (unpaired) electrons. The van der Waals surface area contributed by atoms with E-state index in [9.17, 15) is 18.0 Å². The van der Waals surface area contributed by atoms with E-state index in [4.69, 9.17) is 4.74 Å². The molecule has 0 aliphatic carbocycles. The number of hydrogen-bond acceptors (Lipinski definition) is 6. The molecule has 2 aliphatic heterocycles. The summed E-state index contributed by atoms with van der Waals surface area (Å²) in [7, 11) is 0. The number of hydrogen-bond donors (Lipinski definition) is 2. The van der Waals surface area contributed by atoms with Crippen molar-refractivity contribution in [1.29, 1.82) is 0 Å². The molecule has 7 nitrogen and oxygen atoms in total. The molecule has 2 atom stereocenters. The van der Waals surface area contributed by atoms with E-state index in [1.165, 1.54) is 17.5 Å². The lowest BCUT2D eigenvalue weighted by atomic mass is 10.0. The molecule has 2 N–H and O–H groups in total. The zero-order valence-electron chi connectivity index (χ0n) is 15.6. The molecule has 11 heteroatoms. The van der Waals surface area contributed by atoms with Crippen LogP contribution < -0.4 is 10.6 Å². The van der Waals surface area contributed by atoms with Crippen LogP contribution in [0.1, 0.15) is 33.7 Å². The molecule has 0 bridgehead atoms. The molecule has 0 saturated carbocycles. The Morgan fingerprint density at radius 1 is 1.38 bits per heavy atom. The molecule has 1 saturated heterocycles. The van der Waals surface area contributed by atoms with Gasteiger partial charge in [-0.1, -0.05) is 6.07 Å². The molecule has 4 rings (SSSR count). The van der Waals surface area contributed by atoms with Gasteiger partial charge in [0.1, 0.15) is 11.4 Å². The Labute approximate surface area is 169 Å². The minimum absolute atomic E-state index is 0.112. The fourth-order valence-electron chi connectivity index (χ4n) is 3.65. The Morgan fingerprint density at radius 3 is 2.86 bits per heavy atom. The Bertz CT molecular complexity index is 833. The first-order valence-corrected chi connectivity index (χ1v) is 10.3. The maximum Gasteiger partial charge on any atom is 0.410 e. The lowest BCUT2D eigenvalue weighted by molar-refractivity contribution is -0.173. The van der Waals surface area contributed by atoms with Crippen molar-refractivity contribution in [3.63, 3.8) is 0 Å². The number of anilines is 1. The van der Waals surface area contributed by atoms with Gasteiger partial charge in [0.05, 0.1) is 25.5 Å². The number of aromatic nitrogens is 2. The van der Waals surface area contributed by atoms with Gasteiger partial charge in [0.25, 0.3) is 5.91 Å². The first kappa shape index (κ1) is 20.2. The van der Waals surface area contributed by atoms with Crippen LogP contribution in [0.3, 0.4) is 0 Å². The standard InChI is InChI=1S/C18H22F3N5O2S/c19-18(20,21)15-10-13(14-2-1-9-29-14)24-16-12(11-23-26(15)16)17(27)22-3-4-25-5-7-28-8-6-25/h1-2,9,11,13,15,24H,3-8,10H2,(H,22,27)/t13-,15+/m1/s1. The number of halogens is 3. The average Bonchev–Trinajstić information content (AvgIpc) is 3.37. The van der Waals surface area contributed by atoms with Crippen LogP contribution in [-0.2, 0) is 4.74 Å². The summed E-state index contributed by atoms with van der Waals surface area (Å²) in [6, 6.07) is 1.30. The van der Waals surface area contributed by atoms with Gasteiger partial charge in [-0.05, 0) is 11.4 Å². The number of amides is 1. The molecule has 158 valence electrons. The molecule has 2 aliphatic rings. The monoisotopic (exact) mass is 429 g/mol. The van der Waals surface area contributed by atoms with Crippen LogP contribution >= 0.6 is 11.3 Å². The summed E-state index contributed by atoms with van der Waals surface area (Å²) in [4.78, 5) is 15.6. The van der Waals surface area contributed by atoms with Crippen molar-refractivity contribution in [2.24, 2.45) is 0 Å². The predicted octanol–water partition coefficient (Wildman–Crippen LogP) is 2.67. The number of carbonyl (C=O) groups is 1. The fourth-order valence-corrected chi connectivity index (χ4v) is 4.44. The summed E-state index contributed by atoms with van der Waals surface area (Å²) in [5.41, 5.74) is 0.127. The number of morpholine rings is 1. The number of alkyl halides is 3. The Morgan fingerprint density at radius 2 is 2.17 bits per heavy atom. The summed E-state index contributed by atoms with van der Waals surface area (Å²) < 4.78 is 47.1. The van der Waals surface area contributed by atoms with E-state index in [0.29, 0.717) is 26.3 Å². The van der Waals surface area contributed by atoms with E-state index < -0.39 is 24.2 Å². The molecular weight excluding hydrogens is 407 g/mol. The average molecular weight is 429 g/mol. The quantitative estimate of drug-likeness (QED) is 0.765. The number of fused-ring (bicyclic) bond motifs is 1. The number of rotatable bonds is 5. The summed E-state index contributed by atoms with van der Waals surface area (Å²) in [5, 5.41) is 11.6. The third-order valence-corrected chi connectivity index (χ3v) is 6.17. The number of nitrogens with zero attached hydrogens (tertiary/aromatic N) is 3. The second-order valence-corrected chi connectivity index (χ2v) is 8.05. The number of thiophene rings is 1. The summed E-state index contributed by atoms with van der Waals surface area (Å²) in [6.45, 7) is 4.00. The molecule has 1 amide bonds. The van der Waals surface area contributed by atoms with Gasteiger partial charge in [-0.15, -0.1) is 11.3 Å². The minimum Gasteiger partial charge on any atom is -0.379 e. The molecule has 2 aromatic rings. The highest BCUT2D eigenvalue weighted by atomic mass is 32.1. The van der Waals surface area contributed by atoms with Crippen molar-refractivity contribution >= 4 is 23.1 Å². The van der Waals surface area contributed by atoms with Crippen molar-refractivity contribution in [3.05, 3.63) is 34.2 Å². The Kier molecular flexibility index (Phi) is 5.79. The summed E-state index contributed by atoms with van der Waals surface area (Å²) in [5.74, 6) is -0.319. The van der Waals surface area contributed by atoms with E-state index in [2.05, 4.69) is 20.6 Å². The Balaban J connectivity index is 1.49. The zero-order valence-corrected chi connectivity index (χ0v) is 16.4. The first-order chi connectivity index (χ1) is 13.9. The van der Waals surface area contributed by atoms with E-state index in [1.54, 1.807) is 12.1 Å².